The Morgan fingerprint density at radius 3 is 2.09 bits per heavy atom. The van der Waals surface area contributed by atoms with E-state index in [1.165, 1.54) is 44.1 Å². The van der Waals surface area contributed by atoms with Gasteiger partial charge in [-0.3, -0.25) is 0 Å². The molecule has 0 N–H and O–H groups in total. The molecule has 0 amide bonds. The lowest BCUT2D eigenvalue weighted by Gasteiger charge is -2.22. The summed E-state index contributed by atoms with van der Waals surface area (Å²) in [4.78, 5) is 10.4. The number of furan rings is 1. The molecule has 3 aromatic heterocycles. The van der Waals surface area contributed by atoms with Crippen LogP contribution in [0.25, 0.3) is 94.5 Å². The van der Waals surface area contributed by atoms with Gasteiger partial charge >= 0.3 is 0 Å². The Hall–Kier alpha value is -6.78. The summed E-state index contributed by atoms with van der Waals surface area (Å²) in [5.74, 6) is 0.672. The van der Waals surface area contributed by atoms with E-state index >= 15 is 0 Å². The van der Waals surface area contributed by atoms with Crippen molar-refractivity contribution in [2.24, 2.45) is 0 Å². The second-order valence-electron chi connectivity index (χ2n) is 14.6. The average molecular weight is 680 g/mol. The number of nitrogens with zero attached hydrogens (tertiary/aromatic N) is 3. The van der Waals surface area contributed by atoms with Crippen LogP contribution in [0.15, 0.2) is 168 Å². The van der Waals surface area contributed by atoms with Gasteiger partial charge in [0.2, 0.25) is 0 Å². The summed E-state index contributed by atoms with van der Waals surface area (Å²) < 4.78 is 8.69. The summed E-state index contributed by atoms with van der Waals surface area (Å²) in [7, 11) is 0. The summed E-state index contributed by atoms with van der Waals surface area (Å²) >= 11 is 0. The highest BCUT2D eigenvalue weighted by Crippen LogP contribution is 2.53. The topological polar surface area (TPSA) is 43.9 Å². The van der Waals surface area contributed by atoms with Gasteiger partial charge in [-0.25, -0.2) is 9.97 Å². The van der Waals surface area contributed by atoms with Crippen LogP contribution in [0.3, 0.4) is 0 Å². The minimum Gasteiger partial charge on any atom is -0.456 e. The quantitative estimate of drug-likeness (QED) is 0.186. The van der Waals surface area contributed by atoms with E-state index in [0.717, 1.165) is 55.7 Å². The zero-order valence-corrected chi connectivity index (χ0v) is 29.3. The maximum Gasteiger partial charge on any atom is 0.160 e. The van der Waals surface area contributed by atoms with Gasteiger partial charge in [0, 0.05) is 49.3 Å². The predicted molar refractivity (Wildman–Crippen MR) is 218 cm³/mol. The third-order valence-electron chi connectivity index (χ3n) is 11.2. The molecule has 4 heteroatoms. The van der Waals surface area contributed by atoms with Crippen molar-refractivity contribution in [3.8, 4) is 50.7 Å². The number of benzene rings is 7. The normalized spacial score (nSPS) is 13.2. The zero-order valence-electron chi connectivity index (χ0n) is 29.3. The molecule has 0 spiro atoms. The SMILES string of the molecule is CC1(C)c2ccccc2-c2ccc3c(c21)c1ccccc1n3-c1cccc(-c2nc(-c3ccccc3)cc(-c3ccc4c(c3)oc3ccccc34)n2)c1. The summed E-state index contributed by atoms with van der Waals surface area (Å²) in [6.45, 7) is 4.73. The molecule has 1 aliphatic rings. The summed E-state index contributed by atoms with van der Waals surface area (Å²) in [5, 5.41) is 4.78. The first-order chi connectivity index (χ1) is 26.0. The van der Waals surface area contributed by atoms with Crippen LogP contribution < -0.4 is 0 Å². The molecule has 0 saturated heterocycles. The molecule has 3 heterocycles. The third kappa shape index (κ3) is 4.42. The molecule has 0 aliphatic heterocycles. The van der Waals surface area contributed by atoms with Crippen LogP contribution in [0.4, 0.5) is 0 Å². The average Bonchev–Trinajstić information content (AvgIpc) is 3.83. The Morgan fingerprint density at radius 2 is 1.21 bits per heavy atom. The molecular weight excluding hydrogens is 647 g/mol. The van der Waals surface area contributed by atoms with Crippen molar-refractivity contribution in [1.82, 2.24) is 14.5 Å². The Bertz CT molecular complexity index is 3090. The van der Waals surface area contributed by atoms with E-state index in [1.807, 2.05) is 24.3 Å². The van der Waals surface area contributed by atoms with Crippen molar-refractivity contribution in [3.63, 3.8) is 0 Å². The molecule has 7 aromatic carbocycles. The van der Waals surface area contributed by atoms with Crippen molar-refractivity contribution in [2.75, 3.05) is 0 Å². The molecule has 0 unspecified atom stereocenters. The van der Waals surface area contributed by atoms with E-state index in [4.69, 9.17) is 14.4 Å². The molecule has 10 aromatic rings. The number of aromatic nitrogens is 3. The maximum atomic E-state index is 6.28. The van der Waals surface area contributed by atoms with Crippen LogP contribution in [0.2, 0.25) is 0 Å². The zero-order chi connectivity index (χ0) is 35.3. The van der Waals surface area contributed by atoms with Crippen molar-refractivity contribution in [2.45, 2.75) is 19.3 Å². The predicted octanol–water partition coefficient (Wildman–Crippen LogP) is 12.8. The molecule has 0 bridgehead atoms. The fourth-order valence-corrected chi connectivity index (χ4v) is 8.76. The van der Waals surface area contributed by atoms with Crippen LogP contribution in [0.5, 0.6) is 0 Å². The van der Waals surface area contributed by atoms with Crippen molar-refractivity contribution < 1.29 is 4.42 Å². The Kier molecular flexibility index (Phi) is 6.27. The molecular formula is C49H33N3O. The molecule has 1 aliphatic carbocycles. The Labute approximate surface area is 306 Å². The van der Waals surface area contributed by atoms with Gasteiger partial charge in [-0.1, -0.05) is 129 Å². The highest BCUT2D eigenvalue weighted by atomic mass is 16.3. The third-order valence-corrected chi connectivity index (χ3v) is 11.2. The van der Waals surface area contributed by atoms with Crippen LogP contribution >= 0.6 is 0 Å². The summed E-state index contributed by atoms with van der Waals surface area (Å²) in [6, 6.07) is 57.9. The van der Waals surface area contributed by atoms with Gasteiger partial charge in [0.25, 0.3) is 0 Å². The second-order valence-corrected chi connectivity index (χ2v) is 14.6. The molecule has 0 saturated carbocycles. The van der Waals surface area contributed by atoms with E-state index in [0.29, 0.717) is 5.82 Å². The molecule has 0 radical (unpaired) electrons. The molecule has 53 heavy (non-hydrogen) atoms. The standard InChI is InChI=1S/C49H33N3O/c1-49(2)39-20-9-6-17-34(39)37-25-26-43-46(47(37)49)38-19-7-10-21-42(38)52(43)33-16-12-15-32(27-33)48-50-40(30-13-4-3-5-14-30)29-41(51-48)31-23-24-36-35-18-8-11-22-44(35)53-45(36)28-31/h3-29H,1-2H3. The van der Waals surface area contributed by atoms with E-state index in [-0.39, 0.29) is 5.41 Å². The molecule has 0 atom stereocenters. The minimum absolute atomic E-state index is 0.129. The lowest BCUT2D eigenvalue weighted by atomic mass is 9.80. The first-order valence-electron chi connectivity index (χ1n) is 18.2. The van der Waals surface area contributed by atoms with E-state index < -0.39 is 0 Å². The van der Waals surface area contributed by atoms with E-state index in [9.17, 15) is 0 Å². The smallest absolute Gasteiger partial charge is 0.160 e. The van der Waals surface area contributed by atoms with E-state index in [1.54, 1.807) is 0 Å². The monoisotopic (exact) mass is 679 g/mol. The van der Waals surface area contributed by atoms with Crippen LogP contribution in [-0.4, -0.2) is 14.5 Å². The first-order valence-corrected chi connectivity index (χ1v) is 18.2. The lowest BCUT2D eigenvalue weighted by molar-refractivity contribution is 0.666. The summed E-state index contributed by atoms with van der Waals surface area (Å²) in [6.07, 6.45) is 0. The van der Waals surface area contributed by atoms with Gasteiger partial charge in [-0.05, 0) is 70.8 Å². The number of hydrogen-bond acceptors (Lipinski definition) is 3. The lowest BCUT2D eigenvalue weighted by Crippen LogP contribution is -2.15. The Balaban J connectivity index is 1.10. The maximum absolute atomic E-state index is 6.28. The van der Waals surface area contributed by atoms with Crippen molar-refractivity contribution in [3.05, 3.63) is 175 Å². The molecule has 250 valence electrons. The first kappa shape index (κ1) is 29.9. The molecule has 0 fully saturated rings. The van der Waals surface area contributed by atoms with Crippen LogP contribution in [0.1, 0.15) is 25.0 Å². The number of para-hydroxylation sites is 2. The van der Waals surface area contributed by atoms with Crippen molar-refractivity contribution in [1.29, 1.82) is 0 Å². The number of fused-ring (bicyclic) bond motifs is 10. The fraction of sp³-hybridized carbons (Fsp3) is 0.0612. The fourth-order valence-electron chi connectivity index (χ4n) is 8.76. The number of rotatable bonds is 4. The Morgan fingerprint density at radius 1 is 0.491 bits per heavy atom. The highest BCUT2D eigenvalue weighted by Gasteiger charge is 2.38. The van der Waals surface area contributed by atoms with Gasteiger partial charge < -0.3 is 8.98 Å². The molecule has 11 rings (SSSR count). The number of hydrogen-bond donors (Lipinski definition) is 0. The van der Waals surface area contributed by atoms with Gasteiger partial charge in [0.05, 0.1) is 22.4 Å². The van der Waals surface area contributed by atoms with Gasteiger partial charge in [-0.2, -0.15) is 0 Å². The van der Waals surface area contributed by atoms with Crippen molar-refractivity contribution >= 4 is 43.7 Å². The molecule has 4 nitrogen and oxygen atoms in total. The minimum atomic E-state index is -0.129. The highest BCUT2D eigenvalue weighted by molar-refractivity contribution is 6.14. The second kappa shape index (κ2) is 11.1. The van der Waals surface area contributed by atoms with E-state index in [2.05, 4.69) is 158 Å². The van der Waals surface area contributed by atoms with Gasteiger partial charge in [0.1, 0.15) is 11.2 Å². The van der Waals surface area contributed by atoms with Gasteiger partial charge in [-0.15, -0.1) is 0 Å². The van der Waals surface area contributed by atoms with Gasteiger partial charge in [0.15, 0.2) is 5.82 Å². The van der Waals surface area contributed by atoms with Crippen LogP contribution in [0, 0.1) is 0 Å². The van der Waals surface area contributed by atoms with Crippen LogP contribution in [-0.2, 0) is 5.41 Å². The largest absolute Gasteiger partial charge is 0.456 e. The summed E-state index contributed by atoms with van der Waals surface area (Å²) in [5.41, 5.74) is 15.2.